The van der Waals surface area contributed by atoms with Crippen LogP contribution in [0.3, 0.4) is 0 Å². The van der Waals surface area contributed by atoms with Crippen molar-refractivity contribution in [1.29, 1.82) is 0 Å². The Bertz CT molecular complexity index is 765. The third kappa shape index (κ3) is 4.41. The van der Waals surface area contributed by atoms with Crippen LogP contribution in [0.4, 0.5) is 16.6 Å². The molecule has 26 heavy (non-hydrogen) atoms. The van der Waals surface area contributed by atoms with Crippen molar-refractivity contribution in [3.05, 3.63) is 36.4 Å². The molecule has 1 aromatic heterocycles. The van der Waals surface area contributed by atoms with E-state index in [4.69, 9.17) is 10.5 Å². The Kier molecular flexibility index (Phi) is 4.97. The van der Waals surface area contributed by atoms with E-state index in [1.54, 1.807) is 4.90 Å². The molecule has 138 valence electrons. The number of nitrogens with two attached hydrogens (primary N) is 1. The molecule has 0 spiro atoms. The number of aromatic nitrogens is 2. The molecule has 2 aromatic rings. The Morgan fingerprint density at radius 2 is 1.73 bits per heavy atom. The standard InChI is InChI=1S/C19H25N5O2/c1-19(2,3)26-18(25)24-11-9-23(10-12-24)16-13-15(21-17(20)22-16)14-7-5-4-6-8-14/h4-8,13H,9-12H2,1-3H3,(H2,20,21,22). The molecule has 1 saturated heterocycles. The van der Waals surface area contributed by atoms with Gasteiger partial charge in [0.2, 0.25) is 5.95 Å². The molecule has 3 rings (SSSR count). The zero-order chi connectivity index (χ0) is 18.7. The summed E-state index contributed by atoms with van der Waals surface area (Å²) < 4.78 is 5.44. The van der Waals surface area contributed by atoms with E-state index in [1.165, 1.54) is 0 Å². The Labute approximate surface area is 153 Å². The van der Waals surface area contributed by atoms with Crippen molar-refractivity contribution >= 4 is 17.9 Å². The summed E-state index contributed by atoms with van der Waals surface area (Å²) in [4.78, 5) is 24.7. The highest BCUT2D eigenvalue weighted by Crippen LogP contribution is 2.23. The predicted molar refractivity (Wildman–Crippen MR) is 102 cm³/mol. The molecular formula is C19H25N5O2. The van der Waals surface area contributed by atoms with Gasteiger partial charge in [0, 0.05) is 37.8 Å². The van der Waals surface area contributed by atoms with Gasteiger partial charge in [-0.05, 0) is 20.8 Å². The zero-order valence-electron chi connectivity index (χ0n) is 15.5. The molecule has 1 aliphatic heterocycles. The molecule has 0 radical (unpaired) electrons. The summed E-state index contributed by atoms with van der Waals surface area (Å²) in [5.41, 5.74) is 7.22. The minimum absolute atomic E-state index is 0.246. The van der Waals surface area contributed by atoms with Crippen molar-refractivity contribution in [3.63, 3.8) is 0 Å². The zero-order valence-corrected chi connectivity index (χ0v) is 15.5. The maximum Gasteiger partial charge on any atom is 0.410 e. The van der Waals surface area contributed by atoms with Gasteiger partial charge in [0.1, 0.15) is 11.4 Å². The van der Waals surface area contributed by atoms with Gasteiger partial charge in [0.05, 0.1) is 5.69 Å². The maximum absolute atomic E-state index is 12.2. The third-order valence-electron chi connectivity index (χ3n) is 4.05. The Morgan fingerprint density at radius 1 is 1.08 bits per heavy atom. The van der Waals surface area contributed by atoms with Crippen LogP contribution < -0.4 is 10.6 Å². The van der Waals surface area contributed by atoms with E-state index in [-0.39, 0.29) is 12.0 Å². The van der Waals surface area contributed by atoms with Gasteiger partial charge in [-0.25, -0.2) is 9.78 Å². The lowest BCUT2D eigenvalue weighted by molar-refractivity contribution is 0.0240. The second-order valence-electron chi connectivity index (χ2n) is 7.29. The van der Waals surface area contributed by atoms with Crippen molar-refractivity contribution < 1.29 is 9.53 Å². The number of piperazine rings is 1. The lowest BCUT2D eigenvalue weighted by Gasteiger charge is -2.36. The van der Waals surface area contributed by atoms with E-state index in [9.17, 15) is 4.79 Å². The fourth-order valence-electron chi connectivity index (χ4n) is 2.82. The highest BCUT2D eigenvalue weighted by Gasteiger charge is 2.26. The number of amides is 1. The molecule has 1 fully saturated rings. The first-order chi connectivity index (χ1) is 12.3. The van der Waals surface area contributed by atoms with Crippen LogP contribution in [0.25, 0.3) is 11.3 Å². The van der Waals surface area contributed by atoms with Gasteiger partial charge in [0.25, 0.3) is 0 Å². The number of ether oxygens (including phenoxy) is 1. The van der Waals surface area contributed by atoms with E-state index < -0.39 is 5.60 Å². The summed E-state index contributed by atoms with van der Waals surface area (Å²) in [5.74, 6) is 1.02. The molecule has 0 saturated carbocycles. The van der Waals surface area contributed by atoms with Crippen molar-refractivity contribution in [1.82, 2.24) is 14.9 Å². The highest BCUT2D eigenvalue weighted by molar-refractivity contribution is 5.69. The summed E-state index contributed by atoms with van der Waals surface area (Å²) in [6.07, 6.45) is -0.274. The van der Waals surface area contributed by atoms with Gasteiger partial charge < -0.3 is 20.3 Å². The SMILES string of the molecule is CC(C)(C)OC(=O)N1CCN(c2cc(-c3ccccc3)nc(N)n2)CC1. The minimum atomic E-state index is -0.486. The number of benzene rings is 1. The van der Waals surface area contributed by atoms with E-state index in [1.807, 2.05) is 57.2 Å². The molecule has 1 aromatic carbocycles. The minimum Gasteiger partial charge on any atom is -0.444 e. The normalized spacial score (nSPS) is 15.0. The quantitative estimate of drug-likeness (QED) is 0.892. The monoisotopic (exact) mass is 355 g/mol. The number of carbonyl (C=O) groups is 1. The smallest absolute Gasteiger partial charge is 0.410 e. The van der Waals surface area contributed by atoms with Crippen LogP contribution >= 0.6 is 0 Å². The summed E-state index contributed by atoms with van der Waals surface area (Å²) in [6.45, 7) is 8.12. The number of anilines is 2. The van der Waals surface area contributed by atoms with Crippen molar-refractivity contribution in [2.24, 2.45) is 0 Å². The number of nitrogens with zero attached hydrogens (tertiary/aromatic N) is 4. The molecule has 0 atom stereocenters. The van der Waals surface area contributed by atoms with Crippen LogP contribution in [0.2, 0.25) is 0 Å². The Morgan fingerprint density at radius 3 is 2.35 bits per heavy atom. The first-order valence-corrected chi connectivity index (χ1v) is 8.75. The lowest BCUT2D eigenvalue weighted by Crippen LogP contribution is -2.50. The number of hydrogen-bond acceptors (Lipinski definition) is 6. The summed E-state index contributed by atoms with van der Waals surface area (Å²) in [6, 6.07) is 11.8. The van der Waals surface area contributed by atoms with E-state index in [2.05, 4.69) is 14.9 Å². The van der Waals surface area contributed by atoms with Gasteiger partial charge in [-0.15, -0.1) is 0 Å². The fourth-order valence-corrected chi connectivity index (χ4v) is 2.82. The van der Waals surface area contributed by atoms with Gasteiger partial charge in [-0.2, -0.15) is 4.98 Å². The van der Waals surface area contributed by atoms with Gasteiger partial charge in [-0.3, -0.25) is 0 Å². The fraction of sp³-hybridized carbons (Fsp3) is 0.421. The lowest BCUT2D eigenvalue weighted by atomic mass is 10.1. The van der Waals surface area contributed by atoms with Gasteiger partial charge in [-0.1, -0.05) is 30.3 Å². The number of rotatable bonds is 2. The van der Waals surface area contributed by atoms with Crippen LogP contribution in [0, 0.1) is 0 Å². The number of carbonyl (C=O) groups excluding carboxylic acids is 1. The first kappa shape index (κ1) is 18.0. The van der Waals surface area contributed by atoms with Crippen LogP contribution in [-0.2, 0) is 4.74 Å². The first-order valence-electron chi connectivity index (χ1n) is 8.75. The third-order valence-corrected chi connectivity index (χ3v) is 4.05. The largest absolute Gasteiger partial charge is 0.444 e. The molecule has 2 N–H and O–H groups in total. The summed E-state index contributed by atoms with van der Waals surface area (Å²) in [5, 5.41) is 0. The van der Waals surface area contributed by atoms with Gasteiger partial charge >= 0.3 is 6.09 Å². The van der Waals surface area contributed by atoms with Crippen molar-refractivity contribution in [2.75, 3.05) is 36.8 Å². The maximum atomic E-state index is 12.2. The molecule has 0 bridgehead atoms. The van der Waals surface area contributed by atoms with E-state index >= 15 is 0 Å². The van der Waals surface area contributed by atoms with Gasteiger partial charge in [0.15, 0.2) is 0 Å². The Balaban J connectivity index is 1.70. The van der Waals surface area contributed by atoms with E-state index in [0.717, 1.165) is 17.1 Å². The second-order valence-corrected chi connectivity index (χ2v) is 7.29. The van der Waals surface area contributed by atoms with Crippen LogP contribution in [0.5, 0.6) is 0 Å². The molecule has 0 aliphatic carbocycles. The molecule has 2 heterocycles. The topological polar surface area (TPSA) is 84.6 Å². The molecule has 7 heteroatoms. The average Bonchev–Trinajstić information content (AvgIpc) is 2.61. The molecule has 7 nitrogen and oxygen atoms in total. The van der Waals surface area contributed by atoms with Crippen molar-refractivity contribution in [3.8, 4) is 11.3 Å². The van der Waals surface area contributed by atoms with Crippen LogP contribution in [0.15, 0.2) is 36.4 Å². The average molecular weight is 355 g/mol. The van der Waals surface area contributed by atoms with Crippen molar-refractivity contribution in [2.45, 2.75) is 26.4 Å². The van der Waals surface area contributed by atoms with Crippen LogP contribution in [0.1, 0.15) is 20.8 Å². The predicted octanol–water partition coefficient (Wildman–Crippen LogP) is 2.78. The number of nitrogen functional groups attached to an aromatic ring is 1. The molecule has 0 unspecified atom stereocenters. The molecule has 1 aliphatic rings. The molecule has 1 amide bonds. The summed E-state index contributed by atoms with van der Waals surface area (Å²) >= 11 is 0. The Hall–Kier alpha value is -2.83. The van der Waals surface area contributed by atoms with Crippen LogP contribution in [-0.4, -0.2) is 52.7 Å². The highest BCUT2D eigenvalue weighted by atomic mass is 16.6. The van der Waals surface area contributed by atoms with E-state index in [0.29, 0.717) is 26.2 Å². The summed E-state index contributed by atoms with van der Waals surface area (Å²) in [7, 11) is 0. The molecular weight excluding hydrogens is 330 g/mol. The second kappa shape index (κ2) is 7.19. The number of hydrogen-bond donors (Lipinski definition) is 1.